The van der Waals surface area contributed by atoms with Gasteiger partial charge in [-0.2, -0.15) is 5.10 Å². The predicted molar refractivity (Wildman–Crippen MR) is 78.1 cm³/mol. The van der Waals surface area contributed by atoms with Crippen LogP contribution in [0.2, 0.25) is 0 Å². The van der Waals surface area contributed by atoms with E-state index in [1.54, 1.807) is 28.9 Å². The summed E-state index contributed by atoms with van der Waals surface area (Å²) in [4.78, 5) is 11.8. The monoisotopic (exact) mass is 304 g/mol. The molecule has 0 amide bonds. The maximum Gasteiger partial charge on any atom is 0.358 e. The predicted octanol–water partition coefficient (Wildman–Crippen LogP) is 2.83. The Morgan fingerprint density at radius 2 is 2.09 bits per heavy atom. The number of hydrogen-bond acceptors (Lipinski definition) is 4. The van der Waals surface area contributed by atoms with Gasteiger partial charge in [0.1, 0.15) is 5.82 Å². The zero-order valence-corrected chi connectivity index (χ0v) is 12.3. The standard InChI is InChI=1S/C16H17FN2O3/c1-21-16(20)14-10-15(12-4-2-3-5-13(12)17)19(18-14)11-6-8-22-9-7-11/h2-5,10-11H,6-9H2,1H3. The highest BCUT2D eigenvalue weighted by Crippen LogP contribution is 2.30. The highest BCUT2D eigenvalue weighted by atomic mass is 19.1. The van der Waals surface area contributed by atoms with Gasteiger partial charge in [0.05, 0.1) is 18.8 Å². The number of halogens is 1. The van der Waals surface area contributed by atoms with Crippen LogP contribution in [0.4, 0.5) is 4.39 Å². The van der Waals surface area contributed by atoms with E-state index >= 15 is 0 Å². The summed E-state index contributed by atoms with van der Waals surface area (Å²) >= 11 is 0. The van der Waals surface area contributed by atoms with Gasteiger partial charge in [0.15, 0.2) is 5.69 Å². The van der Waals surface area contributed by atoms with Gasteiger partial charge in [-0.1, -0.05) is 12.1 Å². The maximum absolute atomic E-state index is 14.1. The molecule has 0 saturated carbocycles. The Kier molecular flexibility index (Phi) is 4.20. The lowest BCUT2D eigenvalue weighted by molar-refractivity contribution is 0.0583. The third-order valence-electron chi connectivity index (χ3n) is 3.82. The van der Waals surface area contributed by atoms with Crippen LogP contribution in [-0.2, 0) is 9.47 Å². The fourth-order valence-corrected chi connectivity index (χ4v) is 2.68. The topological polar surface area (TPSA) is 53.4 Å². The number of hydrogen-bond donors (Lipinski definition) is 0. The summed E-state index contributed by atoms with van der Waals surface area (Å²) in [5, 5.41) is 4.34. The molecule has 2 aromatic rings. The molecule has 2 heterocycles. The van der Waals surface area contributed by atoms with Crippen LogP contribution >= 0.6 is 0 Å². The summed E-state index contributed by atoms with van der Waals surface area (Å²) in [7, 11) is 1.30. The molecule has 0 radical (unpaired) electrons. The molecule has 1 aliphatic rings. The van der Waals surface area contributed by atoms with E-state index in [0.717, 1.165) is 12.8 Å². The van der Waals surface area contributed by atoms with Crippen LogP contribution in [0.5, 0.6) is 0 Å². The van der Waals surface area contributed by atoms with Crippen molar-refractivity contribution in [2.24, 2.45) is 0 Å². The molecule has 1 aromatic heterocycles. The third kappa shape index (κ3) is 2.74. The largest absolute Gasteiger partial charge is 0.464 e. The fourth-order valence-electron chi connectivity index (χ4n) is 2.68. The number of benzene rings is 1. The molecular formula is C16H17FN2O3. The van der Waals surface area contributed by atoms with Gasteiger partial charge in [-0.25, -0.2) is 9.18 Å². The van der Waals surface area contributed by atoms with Crippen molar-refractivity contribution in [1.29, 1.82) is 0 Å². The summed E-state index contributed by atoms with van der Waals surface area (Å²) in [6.45, 7) is 1.27. The summed E-state index contributed by atoms with van der Waals surface area (Å²) in [5.74, 6) is -0.865. The summed E-state index contributed by atoms with van der Waals surface area (Å²) < 4.78 is 25.9. The first kappa shape index (κ1) is 14.7. The van der Waals surface area contributed by atoms with Crippen LogP contribution in [0.25, 0.3) is 11.3 Å². The van der Waals surface area contributed by atoms with Crippen LogP contribution in [-0.4, -0.2) is 36.1 Å². The smallest absolute Gasteiger partial charge is 0.358 e. The normalized spacial score (nSPS) is 15.7. The van der Waals surface area contributed by atoms with E-state index in [4.69, 9.17) is 9.47 Å². The lowest BCUT2D eigenvalue weighted by atomic mass is 10.1. The van der Waals surface area contributed by atoms with Gasteiger partial charge in [0, 0.05) is 18.8 Å². The molecule has 0 bridgehead atoms. The van der Waals surface area contributed by atoms with Gasteiger partial charge in [-0.3, -0.25) is 4.68 Å². The first-order chi connectivity index (χ1) is 10.7. The number of aromatic nitrogens is 2. The average molecular weight is 304 g/mol. The first-order valence-electron chi connectivity index (χ1n) is 7.21. The van der Waals surface area contributed by atoms with E-state index < -0.39 is 5.97 Å². The molecule has 0 unspecified atom stereocenters. The molecule has 0 atom stereocenters. The highest BCUT2D eigenvalue weighted by molar-refractivity contribution is 5.88. The van der Waals surface area contributed by atoms with Gasteiger partial charge in [0.25, 0.3) is 0 Å². The second-order valence-corrected chi connectivity index (χ2v) is 5.17. The minimum Gasteiger partial charge on any atom is -0.464 e. The van der Waals surface area contributed by atoms with Crippen LogP contribution in [0.1, 0.15) is 29.4 Å². The van der Waals surface area contributed by atoms with Crippen molar-refractivity contribution in [2.75, 3.05) is 20.3 Å². The first-order valence-corrected chi connectivity index (χ1v) is 7.21. The Balaban J connectivity index is 2.08. The van der Waals surface area contributed by atoms with E-state index in [-0.39, 0.29) is 17.6 Å². The average Bonchev–Trinajstić information content (AvgIpc) is 3.00. The second kappa shape index (κ2) is 6.27. The molecule has 1 aliphatic heterocycles. The molecule has 3 rings (SSSR count). The van der Waals surface area contributed by atoms with Crippen molar-refractivity contribution in [3.63, 3.8) is 0 Å². The molecule has 0 N–H and O–H groups in total. The third-order valence-corrected chi connectivity index (χ3v) is 3.82. The molecule has 1 aromatic carbocycles. The van der Waals surface area contributed by atoms with Crippen LogP contribution in [0, 0.1) is 5.82 Å². The molecular weight excluding hydrogens is 287 g/mol. The van der Waals surface area contributed by atoms with Crippen molar-refractivity contribution in [3.8, 4) is 11.3 Å². The summed E-state index contributed by atoms with van der Waals surface area (Å²) in [6, 6.07) is 8.14. The van der Waals surface area contributed by atoms with E-state index in [9.17, 15) is 9.18 Å². The van der Waals surface area contributed by atoms with Crippen LogP contribution in [0.3, 0.4) is 0 Å². The molecule has 1 fully saturated rings. The SMILES string of the molecule is COC(=O)c1cc(-c2ccccc2F)n(C2CCOCC2)n1. The van der Waals surface area contributed by atoms with Crippen molar-refractivity contribution in [3.05, 3.63) is 41.8 Å². The molecule has 6 heteroatoms. The van der Waals surface area contributed by atoms with E-state index in [1.807, 2.05) is 0 Å². The Morgan fingerprint density at radius 1 is 1.36 bits per heavy atom. The zero-order chi connectivity index (χ0) is 15.5. The Labute approximate surface area is 127 Å². The lowest BCUT2D eigenvalue weighted by Crippen LogP contribution is -2.21. The summed E-state index contributed by atoms with van der Waals surface area (Å²) in [5.41, 5.74) is 1.20. The zero-order valence-electron chi connectivity index (χ0n) is 12.3. The fraction of sp³-hybridized carbons (Fsp3) is 0.375. The highest BCUT2D eigenvalue weighted by Gasteiger charge is 2.24. The van der Waals surface area contributed by atoms with Crippen molar-refractivity contribution < 1.29 is 18.7 Å². The number of ether oxygens (including phenoxy) is 2. The van der Waals surface area contributed by atoms with Gasteiger partial charge in [0.2, 0.25) is 0 Å². The lowest BCUT2D eigenvalue weighted by Gasteiger charge is -2.24. The van der Waals surface area contributed by atoms with Gasteiger partial charge < -0.3 is 9.47 Å². The quantitative estimate of drug-likeness (QED) is 0.818. The maximum atomic E-state index is 14.1. The summed E-state index contributed by atoms with van der Waals surface area (Å²) in [6.07, 6.45) is 1.56. The number of carbonyl (C=O) groups is 1. The van der Waals surface area contributed by atoms with Crippen molar-refractivity contribution in [1.82, 2.24) is 9.78 Å². The molecule has 22 heavy (non-hydrogen) atoms. The number of nitrogens with zero attached hydrogens (tertiary/aromatic N) is 2. The van der Waals surface area contributed by atoms with Gasteiger partial charge in [-0.05, 0) is 31.0 Å². The number of esters is 1. The van der Waals surface area contributed by atoms with E-state index in [2.05, 4.69) is 5.10 Å². The molecule has 1 saturated heterocycles. The second-order valence-electron chi connectivity index (χ2n) is 5.17. The van der Waals surface area contributed by atoms with E-state index in [0.29, 0.717) is 24.5 Å². The molecule has 0 spiro atoms. The molecule has 116 valence electrons. The van der Waals surface area contributed by atoms with Crippen LogP contribution < -0.4 is 0 Å². The Bertz CT molecular complexity index is 678. The van der Waals surface area contributed by atoms with Gasteiger partial charge in [-0.15, -0.1) is 0 Å². The van der Waals surface area contributed by atoms with Crippen molar-refractivity contribution in [2.45, 2.75) is 18.9 Å². The molecule has 5 nitrogen and oxygen atoms in total. The molecule has 0 aliphatic carbocycles. The van der Waals surface area contributed by atoms with Gasteiger partial charge >= 0.3 is 5.97 Å². The van der Waals surface area contributed by atoms with E-state index in [1.165, 1.54) is 13.2 Å². The number of rotatable bonds is 3. The minimum absolute atomic E-state index is 0.0850. The minimum atomic E-state index is -0.525. The van der Waals surface area contributed by atoms with Crippen LogP contribution in [0.15, 0.2) is 30.3 Å². The Morgan fingerprint density at radius 3 is 2.77 bits per heavy atom. The number of carbonyl (C=O) groups excluding carboxylic acids is 1. The Hall–Kier alpha value is -2.21. The van der Waals surface area contributed by atoms with Crippen molar-refractivity contribution >= 4 is 5.97 Å². The number of methoxy groups -OCH3 is 1.